The standard InChI is InChI=1S/C15H20N4O.ClH/c16-8-7-15(20)17-11-5-6-13-12(10-11)18-14-4-2-1-3-9-19(13)14;/h5-6,10H,1-4,7-9,16H2,(H,17,20);1H. The van der Waals surface area contributed by atoms with Crippen LogP contribution in [-0.4, -0.2) is 22.0 Å². The Hall–Kier alpha value is -1.59. The summed E-state index contributed by atoms with van der Waals surface area (Å²) in [7, 11) is 0. The highest BCUT2D eigenvalue weighted by molar-refractivity contribution is 5.93. The summed E-state index contributed by atoms with van der Waals surface area (Å²) in [5.74, 6) is 1.12. The van der Waals surface area contributed by atoms with E-state index in [0.717, 1.165) is 24.2 Å². The molecule has 1 amide bonds. The number of rotatable bonds is 3. The van der Waals surface area contributed by atoms with Gasteiger partial charge in [-0.2, -0.15) is 0 Å². The predicted octanol–water partition coefficient (Wildman–Crippen LogP) is 2.47. The summed E-state index contributed by atoms with van der Waals surface area (Å²) < 4.78 is 2.31. The summed E-state index contributed by atoms with van der Waals surface area (Å²) in [6.07, 6.45) is 5.09. The summed E-state index contributed by atoms with van der Waals surface area (Å²) in [6, 6.07) is 5.94. The maximum absolute atomic E-state index is 11.6. The van der Waals surface area contributed by atoms with Gasteiger partial charge in [0.1, 0.15) is 5.82 Å². The van der Waals surface area contributed by atoms with Gasteiger partial charge in [0.2, 0.25) is 5.91 Å². The van der Waals surface area contributed by atoms with E-state index in [1.807, 2.05) is 12.1 Å². The molecule has 0 unspecified atom stereocenters. The van der Waals surface area contributed by atoms with Gasteiger partial charge in [-0.25, -0.2) is 4.98 Å². The minimum absolute atomic E-state index is 0. The van der Waals surface area contributed by atoms with Crippen LogP contribution in [0.5, 0.6) is 0 Å². The number of nitrogens with zero attached hydrogens (tertiary/aromatic N) is 2. The van der Waals surface area contributed by atoms with Gasteiger partial charge in [0.15, 0.2) is 0 Å². The van der Waals surface area contributed by atoms with E-state index in [4.69, 9.17) is 10.7 Å². The van der Waals surface area contributed by atoms with Crippen LogP contribution in [0.25, 0.3) is 11.0 Å². The first-order valence-electron chi connectivity index (χ1n) is 7.27. The molecule has 0 aliphatic carbocycles. The summed E-state index contributed by atoms with van der Waals surface area (Å²) in [6.45, 7) is 1.41. The molecule has 114 valence electrons. The van der Waals surface area contributed by atoms with Crippen molar-refractivity contribution in [3.63, 3.8) is 0 Å². The fraction of sp³-hybridized carbons (Fsp3) is 0.467. The molecule has 0 spiro atoms. The molecule has 21 heavy (non-hydrogen) atoms. The van der Waals surface area contributed by atoms with Gasteiger partial charge < -0.3 is 15.6 Å². The van der Waals surface area contributed by atoms with Crippen molar-refractivity contribution in [1.82, 2.24) is 9.55 Å². The van der Waals surface area contributed by atoms with E-state index >= 15 is 0 Å². The lowest BCUT2D eigenvalue weighted by Gasteiger charge is -2.06. The number of fused-ring (bicyclic) bond motifs is 3. The van der Waals surface area contributed by atoms with Gasteiger partial charge in [-0.1, -0.05) is 6.42 Å². The van der Waals surface area contributed by atoms with Crippen LogP contribution in [0.15, 0.2) is 18.2 Å². The van der Waals surface area contributed by atoms with Gasteiger partial charge in [0.25, 0.3) is 0 Å². The lowest BCUT2D eigenvalue weighted by Crippen LogP contribution is -2.16. The average molecular weight is 309 g/mol. The van der Waals surface area contributed by atoms with Crippen molar-refractivity contribution in [2.75, 3.05) is 11.9 Å². The molecular weight excluding hydrogens is 288 g/mol. The normalized spacial score (nSPS) is 14.1. The molecular formula is C15H21ClN4O. The fourth-order valence-corrected chi connectivity index (χ4v) is 2.78. The van der Waals surface area contributed by atoms with E-state index in [1.165, 1.54) is 30.6 Å². The third-order valence-electron chi connectivity index (χ3n) is 3.76. The number of benzene rings is 1. The molecule has 1 aromatic carbocycles. The molecule has 0 radical (unpaired) electrons. The first kappa shape index (κ1) is 15.8. The maximum atomic E-state index is 11.6. The van der Waals surface area contributed by atoms with Crippen LogP contribution in [0.1, 0.15) is 31.5 Å². The van der Waals surface area contributed by atoms with Crippen LogP contribution in [0.2, 0.25) is 0 Å². The number of hydrogen-bond donors (Lipinski definition) is 2. The second-order valence-corrected chi connectivity index (χ2v) is 5.28. The third kappa shape index (κ3) is 3.36. The highest BCUT2D eigenvalue weighted by atomic mass is 35.5. The molecule has 0 atom stereocenters. The average Bonchev–Trinajstić information content (AvgIpc) is 2.60. The Kier molecular flexibility index (Phi) is 5.20. The minimum atomic E-state index is -0.0485. The summed E-state index contributed by atoms with van der Waals surface area (Å²) in [5.41, 5.74) is 8.30. The van der Waals surface area contributed by atoms with Gasteiger partial charge >= 0.3 is 0 Å². The minimum Gasteiger partial charge on any atom is -0.330 e. The Labute approximate surface area is 130 Å². The van der Waals surface area contributed by atoms with Crippen molar-refractivity contribution in [3.05, 3.63) is 24.0 Å². The fourth-order valence-electron chi connectivity index (χ4n) is 2.78. The number of carbonyl (C=O) groups excluding carboxylic acids is 1. The van der Waals surface area contributed by atoms with Crippen molar-refractivity contribution < 1.29 is 4.79 Å². The summed E-state index contributed by atoms with van der Waals surface area (Å²) in [5, 5.41) is 2.86. The van der Waals surface area contributed by atoms with E-state index in [-0.39, 0.29) is 18.3 Å². The van der Waals surface area contributed by atoms with Crippen molar-refractivity contribution in [2.45, 2.75) is 38.6 Å². The first-order valence-corrected chi connectivity index (χ1v) is 7.27. The number of halogens is 1. The van der Waals surface area contributed by atoms with Crippen LogP contribution in [0.4, 0.5) is 5.69 Å². The quantitative estimate of drug-likeness (QED) is 0.915. The zero-order valence-electron chi connectivity index (χ0n) is 12.0. The number of aromatic nitrogens is 2. The lowest BCUT2D eigenvalue weighted by atomic mass is 10.2. The van der Waals surface area contributed by atoms with E-state index in [1.54, 1.807) is 0 Å². The first-order chi connectivity index (χ1) is 9.78. The smallest absolute Gasteiger partial charge is 0.225 e. The number of amides is 1. The molecule has 1 aromatic heterocycles. The zero-order chi connectivity index (χ0) is 13.9. The number of aryl methyl sites for hydroxylation is 2. The van der Waals surface area contributed by atoms with E-state index < -0.39 is 0 Å². The number of hydrogen-bond acceptors (Lipinski definition) is 3. The van der Waals surface area contributed by atoms with Gasteiger partial charge in [-0.05, 0) is 31.0 Å². The van der Waals surface area contributed by atoms with Crippen LogP contribution >= 0.6 is 12.4 Å². The van der Waals surface area contributed by atoms with Gasteiger partial charge in [0.05, 0.1) is 11.0 Å². The topological polar surface area (TPSA) is 72.9 Å². The van der Waals surface area contributed by atoms with E-state index in [2.05, 4.69) is 16.0 Å². The molecule has 1 aliphatic rings. The van der Waals surface area contributed by atoms with Crippen LogP contribution in [-0.2, 0) is 17.8 Å². The van der Waals surface area contributed by atoms with E-state index in [9.17, 15) is 4.79 Å². The molecule has 0 bridgehead atoms. The monoisotopic (exact) mass is 308 g/mol. The van der Waals surface area contributed by atoms with Crippen LogP contribution < -0.4 is 11.1 Å². The molecule has 6 heteroatoms. The van der Waals surface area contributed by atoms with Crippen molar-refractivity contribution in [1.29, 1.82) is 0 Å². The Bertz CT molecular complexity index is 638. The summed E-state index contributed by atoms with van der Waals surface area (Å²) >= 11 is 0. The van der Waals surface area contributed by atoms with Crippen LogP contribution in [0.3, 0.4) is 0 Å². The number of carbonyl (C=O) groups is 1. The molecule has 0 fully saturated rings. The number of nitrogens with two attached hydrogens (primary N) is 1. The molecule has 0 saturated carbocycles. The Morgan fingerprint density at radius 2 is 2.19 bits per heavy atom. The molecule has 5 nitrogen and oxygen atoms in total. The SMILES string of the molecule is Cl.NCCC(=O)Nc1ccc2c(c1)nc1n2CCCCC1. The molecule has 3 rings (SSSR count). The molecule has 3 N–H and O–H groups in total. The van der Waals surface area contributed by atoms with Crippen molar-refractivity contribution in [3.8, 4) is 0 Å². The largest absolute Gasteiger partial charge is 0.330 e. The van der Waals surface area contributed by atoms with Crippen molar-refractivity contribution in [2.24, 2.45) is 5.73 Å². The zero-order valence-corrected chi connectivity index (χ0v) is 12.8. The van der Waals surface area contributed by atoms with E-state index in [0.29, 0.717) is 13.0 Å². The lowest BCUT2D eigenvalue weighted by molar-refractivity contribution is -0.116. The Morgan fingerprint density at radius 3 is 3.00 bits per heavy atom. The number of imidazole rings is 1. The molecule has 2 aromatic rings. The third-order valence-corrected chi connectivity index (χ3v) is 3.76. The number of anilines is 1. The van der Waals surface area contributed by atoms with Crippen LogP contribution in [0, 0.1) is 0 Å². The second-order valence-electron chi connectivity index (χ2n) is 5.28. The summed E-state index contributed by atoms with van der Waals surface area (Å²) in [4.78, 5) is 16.3. The second kappa shape index (κ2) is 6.91. The number of nitrogens with one attached hydrogen (secondary N) is 1. The Morgan fingerprint density at radius 1 is 1.33 bits per heavy atom. The maximum Gasteiger partial charge on any atom is 0.225 e. The highest BCUT2D eigenvalue weighted by Gasteiger charge is 2.13. The van der Waals surface area contributed by atoms with Crippen molar-refractivity contribution >= 4 is 35.0 Å². The van der Waals surface area contributed by atoms with Gasteiger partial charge in [0, 0.05) is 31.6 Å². The van der Waals surface area contributed by atoms with Gasteiger partial charge in [-0.3, -0.25) is 4.79 Å². The molecule has 1 aliphatic heterocycles. The Balaban J connectivity index is 0.00000161. The molecule has 2 heterocycles. The van der Waals surface area contributed by atoms with Gasteiger partial charge in [-0.15, -0.1) is 12.4 Å². The highest BCUT2D eigenvalue weighted by Crippen LogP contribution is 2.24. The predicted molar refractivity (Wildman–Crippen MR) is 86.8 cm³/mol. The molecule has 0 saturated heterocycles.